The van der Waals surface area contributed by atoms with Crippen LogP contribution in [-0.4, -0.2) is 40.9 Å². The summed E-state index contributed by atoms with van der Waals surface area (Å²) in [6, 6.07) is 1.12. The van der Waals surface area contributed by atoms with Crippen molar-refractivity contribution in [1.82, 2.24) is 4.57 Å². The van der Waals surface area contributed by atoms with Gasteiger partial charge in [0.1, 0.15) is 11.4 Å². The molecule has 1 aromatic carbocycles. The summed E-state index contributed by atoms with van der Waals surface area (Å²) in [5, 5.41) is 9.50. The molecule has 1 saturated heterocycles. The van der Waals surface area contributed by atoms with Gasteiger partial charge in [0.2, 0.25) is 5.43 Å². The lowest BCUT2D eigenvalue weighted by Gasteiger charge is -2.28. The zero-order valence-electron chi connectivity index (χ0n) is 14.7. The first-order chi connectivity index (χ1) is 13.0. The Balaban J connectivity index is 1.86. The first-order valence-corrected chi connectivity index (χ1v) is 9.21. The molecule has 3 heterocycles. The fourth-order valence-corrected chi connectivity index (χ4v) is 4.45. The van der Waals surface area contributed by atoms with Crippen molar-refractivity contribution >= 4 is 22.6 Å². The molecule has 2 aliphatic heterocycles. The number of benzene rings is 1. The van der Waals surface area contributed by atoms with Gasteiger partial charge < -0.3 is 25.0 Å². The van der Waals surface area contributed by atoms with Crippen molar-refractivity contribution in [3.05, 3.63) is 39.4 Å². The zero-order chi connectivity index (χ0) is 18.9. The molecule has 0 radical (unpaired) electrons. The molecule has 0 bridgehead atoms. The largest absolute Gasteiger partial charge is 0.477 e. The minimum Gasteiger partial charge on any atom is -0.477 e. The van der Waals surface area contributed by atoms with Crippen molar-refractivity contribution in [2.45, 2.75) is 44.0 Å². The predicted molar refractivity (Wildman–Crippen MR) is 96.8 cm³/mol. The number of hydrogen-bond donors (Lipinski definition) is 2. The third-order valence-electron chi connectivity index (χ3n) is 5.93. The van der Waals surface area contributed by atoms with Gasteiger partial charge in [-0.05, 0) is 25.3 Å². The van der Waals surface area contributed by atoms with Crippen LogP contribution in [0.5, 0.6) is 0 Å². The summed E-state index contributed by atoms with van der Waals surface area (Å²) < 4.78 is 22.8. The van der Waals surface area contributed by atoms with E-state index in [4.69, 9.17) is 10.5 Å². The Bertz CT molecular complexity index is 1030. The maximum absolute atomic E-state index is 15.2. The highest BCUT2D eigenvalue weighted by Gasteiger charge is 2.38. The standard InChI is InChI=1S/C19H20FN3O4/c20-13-5-10-16(23(9-1-2-9)6-11(18(10)24)19(25)26)12-7-27-8-15-14(21)3-4-22(15)17(12)13/h5-6,9,14-15H,1-4,7-8,21H2,(H,25,26)/t14-,15?/m1/s1. The number of anilines is 1. The van der Waals surface area contributed by atoms with Crippen LogP contribution in [0.1, 0.15) is 41.2 Å². The molecule has 3 aliphatic rings. The van der Waals surface area contributed by atoms with Gasteiger partial charge in [0, 0.05) is 35.8 Å². The molecule has 2 atom stereocenters. The second kappa shape index (κ2) is 5.77. The Morgan fingerprint density at radius 3 is 2.81 bits per heavy atom. The number of carboxylic acids is 1. The molecule has 142 valence electrons. The zero-order valence-corrected chi connectivity index (χ0v) is 14.7. The van der Waals surface area contributed by atoms with Crippen LogP contribution in [0.2, 0.25) is 0 Å². The lowest BCUT2D eigenvalue weighted by Crippen LogP contribution is -2.42. The number of ether oxygens (including phenoxy) is 1. The molecule has 1 saturated carbocycles. The smallest absolute Gasteiger partial charge is 0.341 e. The van der Waals surface area contributed by atoms with Crippen molar-refractivity contribution in [1.29, 1.82) is 0 Å². The van der Waals surface area contributed by atoms with E-state index in [9.17, 15) is 14.7 Å². The number of aromatic carboxylic acids is 1. The van der Waals surface area contributed by atoms with Crippen molar-refractivity contribution < 1.29 is 19.0 Å². The van der Waals surface area contributed by atoms with Gasteiger partial charge in [0.15, 0.2) is 0 Å². The quantitative estimate of drug-likeness (QED) is 0.830. The molecule has 5 rings (SSSR count). The Hall–Kier alpha value is -2.45. The van der Waals surface area contributed by atoms with E-state index in [1.807, 2.05) is 9.47 Å². The Morgan fingerprint density at radius 2 is 2.11 bits per heavy atom. The van der Waals surface area contributed by atoms with Crippen molar-refractivity contribution in [3.8, 4) is 0 Å². The minimum atomic E-state index is -1.30. The molecule has 3 N–H and O–H groups in total. The number of pyridine rings is 1. The fourth-order valence-electron chi connectivity index (χ4n) is 4.45. The number of nitrogens with two attached hydrogens (primary N) is 1. The van der Waals surface area contributed by atoms with Crippen LogP contribution in [0.25, 0.3) is 10.9 Å². The monoisotopic (exact) mass is 373 g/mol. The Kier molecular flexibility index (Phi) is 3.57. The van der Waals surface area contributed by atoms with E-state index < -0.39 is 17.2 Å². The van der Waals surface area contributed by atoms with Crippen LogP contribution >= 0.6 is 0 Å². The summed E-state index contributed by atoms with van der Waals surface area (Å²) >= 11 is 0. The average Bonchev–Trinajstić information content (AvgIpc) is 3.42. The normalized spacial score (nSPS) is 24.6. The van der Waals surface area contributed by atoms with Crippen molar-refractivity contribution in [2.24, 2.45) is 5.73 Å². The number of rotatable bonds is 2. The van der Waals surface area contributed by atoms with Gasteiger partial charge in [0.25, 0.3) is 0 Å². The number of nitrogens with zero attached hydrogens (tertiary/aromatic N) is 2. The van der Waals surface area contributed by atoms with E-state index in [0.29, 0.717) is 29.9 Å². The number of aromatic nitrogens is 1. The van der Waals surface area contributed by atoms with Crippen LogP contribution in [0.15, 0.2) is 17.1 Å². The van der Waals surface area contributed by atoms with Crippen molar-refractivity contribution in [3.63, 3.8) is 0 Å². The Labute approximate surface area is 154 Å². The molecule has 8 heteroatoms. The molecular formula is C19H20FN3O4. The van der Waals surface area contributed by atoms with Crippen LogP contribution in [0, 0.1) is 5.82 Å². The molecule has 0 spiro atoms. The van der Waals surface area contributed by atoms with Gasteiger partial charge in [-0.2, -0.15) is 0 Å². The summed E-state index contributed by atoms with van der Waals surface area (Å²) in [6.07, 6.45) is 3.96. The maximum atomic E-state index is 15.2. The number of fused-ring (bicyclic) bond motifs is 5. The minimum absolute atomic E-state index is 0.0916. The van der Waals surface area contributed by atoms with Crippen LogP contribution in [-0.2, 0) is 11.3 Å². The van der Waals surface area contributed by atoms with Gasteiger partial charge >= 0.3 is 5.97 Å². The highest BCUT2D eigenvalue weighted by Crippen LogP contribution is 2.42. The highest BCUT2D eigenvalue weighted by molar-refractivity contribution is 5.95. The molecule has 2 fully saturated rings. The fraction of sp³-hybridized carbons (Fsp3) is 0.474. The summed E-state index contributed by atoms with van der Waals surface area (Å²) in [4.78, 5) is 26.2. The molecule has 1 aromatic heterocycles. The van der Waals surface area contributed by atoms with Crippen LogP contribution in [0.4, 0.5) is 10.1 Å². The number of hydrogen-bond acceptors (Lipinski definition) is 5. The first-order valence-electron chi connectivity index (χ1n) is 9.21. The topological polar surface area (TPSA) is 97.8 Å². The van der Waals surface area contributed by atoms with E-state index in [1.165, 1.54) is 12.3 Å². The lowest BCUT2D eigenvalue weighted by atomic mass is 10.0. The molecule has 1 unspecified atom stereocenters. The third kappa shape index (κ3) is 2.40. The van der Waals surface area contributed by atoms with Crippen molar-refractivity contribution in [2.75, 3.05) is 18.1 Å². The van der Waals surface area contributed by atoms with Gasteiger partial charge in [-0.1, -0.05) is 0 Å². The predicted octanol–water partition coefficient (Wildman–Crippen LogP) is 1.61. The van der Waals surface area contributed by atoms with Gasteiger partial charge in [-0.15, -0.1) is 0 Å². The third-order valence-corrected chi connectivity index (χ3v) is 5.93. The maximum Gasteiger partial charge on any atom is 0.341 e. The highest BCUT2D eigenvalue weighted by atomic mass is 19.1. The molecule has 2 aromatic rings. The SMILES string of the molecule is N[C@@H]1CCN2c3c(F)cc4c(=O)c(C(=O)O)cn(C5CC5)c4c3COCC12. The molecular weight excluding hydrogens is 353 g/mol. The van der Waals surface area contributed by atoms with Gasteiger partial charge in [-0.25, -0.2) is 9.18 Å². The van der Waals surface area contributed by atoms with E-state index in [2.05, 4.69) is 0 Å². The summed E-state index contributed by atoms with van der Waals surface area (Å²) in [5.74, 6) is -1.82. The van der Waals surface area contributed by atoms with Crippen LogP contribution < -0.4 is 16.1 Å². The van der Waals surface area contributed by atoms with E-state index in [0.717, 1.165) is 19.3 Å². The molecule has 7 nitrogen and oxygen atoms in total. The molecule has 0 amide bonds. The number of carboxylic acid groups (broad SMARTS) is 1. The average molecular weight is 373 g/mol. The number of halogens is 1. The van der Waals surface area contributed by atoms with E-state index in [-0.39, 0.29) is 35.7 Å². The van der Waals surface area contributed by atoms with E-state index >= 15 is 4.39 Å². The lowest BCUT2D eigenvalue weighted by molar-refractivity contribution is 0.0695. The second-order valence-electron chi connectivity index (χ2n) is 7.63. The van der Waals surface area contributed by atoms with Gasteiger partial charge in [-0.3, -0.25) is 4.79 Å². The first kappa shape index (κ1) is 16.7. The number of carbonyl (C=O) groups is 1. The van der Waals surface area contributed by atoms with Gasteiger partial charge in [0.05, 0.1) is 30.5 Å². The Morgan fingerprint density at radius 1 is 1.33 bits per heavy atom. The molecule has 27 heavy (non-hydrogen) atoms. The van der Waals surface area contributed by atoms with E-state index in [1.54, 1.807) is 0 Å². The second-order valence-corrected chi connectivity index (χ2v) is 7.63. The van der Waals surface area contributed by atoms with Crippen LogP contribution in [0.3, 0.4) is 0 Å². The summed E-state index contributed by atoms with van der Waals surface area (Å²) in [7, 11) is 0. The summed E-state index contributed by atoms with van der Waals surface area (Å²) in [5.41, 5.74) is 6.83. The molecule has 1 aliphatic carbocycles. The summed E-state index contributed by atoms with van der Waals surface area (Å²) in [6.45, 7) is 1.20.